The lowest BCUT2D eigenvalue weighted by molar-refractivity contribution is 0.0951. The molecule has 0 bridgehead atoms. The SMILES string of the molecule is CN1CCN(c2c(F)cc3c(=O)c(C(=O)NN)cn4c3c2OCC42CC2)CC1. The largest absolute Gasteiger partial charge is 0.487 e. The molecular weight excluding hydrogens is 365 g/mol. The van der Waals surface area contributed by atoms with Gasteiger partial charge in [0, 0.05) is 32.4 Å². The van der Waals surface area contributed by atoms with E-state index >= 15 is 4.39 Å². The highest BCUT2D eigenvalue weighted by molar-refractivity contribution is 6.00. The fourth-order valence-electron chi connectivity index (χ4n) is 4.30. The van der Waals surface area contributed by atoms with E-state index in [1.807, 2.05) is 21.9 Å². The first-order valence-electron chi connectivity index (χ1n) is 9.45. The van der Waals surface area contributed by atoms with Gasteiger partial charge in [0.1, 0.15) is 17.9 Å². The number of nitrogen functional groups attached to an aromatic ring is 1. The van der Waals surface area contributed by atoms with Gasteiger partial charge in [-0.15, -0.1) is 0 Å². The topological polar surface area (TPSA) is 92.8 Å². The van der Waals surface area contributed by atoms with Gasteiger partial charge < -0.3 is 19.1 Å². The third kappa shape index (κ3) is 2.36. The molecule has 2 aliphatic heterocycles. The Morgan fingerprint density at radius 1 is 1.29 bits per heavy atom. The molecule has 2 aromatic rings. The maximum Gasteiger partial charge on any atom is 0.270 e. The number of rotatable bonds is 2. The second-order valence-electron chi connectivity index (χ2n) is 7.95. The van der Waals surface area contributed by atoms with Crippen LogP contribution in [-0.4, -0.2) is 55.2 Å². The fraction of sp³-hybridized carbons (Fsp3) is 0.474. The molecule has 28 heavy (non-hydrogen) atoms. The number of likely N-dealkylation sites (N-methyl/N-ethyl adjacent to an activating group) is 1. The predicted octanol–water partition coefficient (Wildman–Crippen LogP) is 0.377. The minimum atomic E-state index is -0.678. The van der Waals surface area contributed by atoms with Gasteiger partial charge in [0.05, 0.1) is 16.4 Å². The van der Waals surface area contributed by atoms with Crippen LogP contribution in [0.2, 0.25) is 0 Å². The van der Waals surface area contributed by atoms with Crippen molar-refractivity contribution < 1.29 is 13.9 Å². The van der Waals surface area contributed by atoms with Gasteiger partial charge in [-0.25, -0.2) is 10.2 Å². The van der Waals surface area contributed by atoms with Crippen molar-refractivity contribution >= 4 is 22.5 Å². The van der Waals surface area contributed by atoms with Gasteiger partial charge in [0.15, 0.2) is 11.6 Å². The van der Waals surface area contributed by atoms with Crippen molar-refractivity contribution in [3.63, 3.8) is 0 Å². The van der Waals surface area contributed by atoms with Gasteiger partial charge in [-0.05, 0) is 26.0 Å². The van der Waals surface area contributed by atoms with Gasteiger partial charge in [-0.1, -0.05) is 0 Å². The van der Waals surface area contributed by atoms with E-state index in [1.165, 1.54) is 6.07 Å². The third-order valence-corrected chi connectivity index (χ3v) is 6.19. The quantitative estimate of drug-likeness (QED) is 0.440. The number of amides is 1. The molecular formula is C19H22FN5O3. The Labute approximate surface area is 160 Å². The number of hydrazine groups is 1. The van der Waals surface area contributed by atoms with Crippen molar-refractivity contribution in [1.82, 2.24) is 14.9 Å². The number of pyridine rings is 1. The van der Waals surface area contributed by atoms with E-state index in [1.54, 1.807) is 6.20 Å². The number of hydrogen-bond donors (Lipinski definition) is 2. The van der Waals surface area contributed by atoms with Crippen molar-refractivity contribution in [3.8, 4) is 5.75 Å². The summed E-state index contributed by atoms with van der Waals surface area (Å²) in [5, 5.41) is 0.150. The number of carbonyl (C=O) groups is 1. The summed E-state index contributed by atoms with van der Waals surface area (Å²) in [6, 6.07) is 1.24. The molecule has 1 aromatic heterocycles. The first-order valence-corrected chi connectivity index (χ1v) is 9.45. The van der Waals surface area contributed by atoms with Crippen LogP contribution in [0, 0.1) is 5.82 Å². The lowest BCUT2D eigenvalue weighted by Crippen LogP contribution is -2.45. The Morgan fingerprint density at radius 2 is 2.00 bits per heavy atom. The molecule has 8 nitrogen and oxygen atoms in total. The third-order valence-electron chi connectivity index (χ3n) is 6.19. The van der Waals surface area contributed by atoms with Crippen molar-refractivity contribution in [2.24, 2.45) is 5.84 Å². The molecule has 0 atom stereocenters. The van der Waals surface area contributed by atoms with E-state index in [2.05, 4.69) is 4.90 Å². The van der Waals surface area contributed by atoms with Gasteiger partial charge in [0.25, 0.3) is 5.91 Å². The van der Waals surface area contributed by atoms with Crippen LogP contribution in [0.5, 0.6) is 5.75 Å². The number of nitrogens with one attached hydrogen (secondary N) is 1. The lowest BCUT2D eigenvalue weighted by Gasteiger charge is -2.37. The molecule has 1 amide bonds. The maximum absolute atomic E-state index is 15.2. The van der Waals surface area contributed by atoms with Crippen molar-refractivity contribution in [3.05, 3.63) is 33.9 Å². The predicted molar refractivity (Wildman–Crippen MR) is 102 cm³/mol. The monoisotopic (exact) mass is 387 g/mol. The average molecular weight is 387 g/mol. The summed E-state index contributed by atoms with van der Waals surface area (Å²) in [4.78, 5) is 29.2. The number of aromatic nitrogens is 1. The summed E-state index contributed by atoms with van der Waals surface area (Å²) in [6.07, 6.45) is 3.32. The minimum Gasteiger partial charge on any atom is -0.487 e. The highest BCUT2D eigenvalue weighted by atomic mass is 19.1. The highest BCUT2D eigenvalue weighted by Gasteiger charge is 2.49. The maximum atomic E-state index is 15.2. The van der Waals surface area contributed by atoms with Crippen LogP contribution >= 0.6 is 0 Å². The van der Waals surface area contributed by atoms with E-state index in [4.69, 9.17) is 10.6 Å². The van der Waals surface area contributed by atoms with Gasteiger partial charge in [-0.2, -0.15) is 0 Å². The summed E-state index contributed by atoms with van der Waals surface area (Å²) in [5.74, 6) is 4.45. The number of nitrogens with zero attached hydrogens (tertiary/aromatic N) is 3. The molecule has 2 fully saturated rings. The molecule has 1 aromatic carbocycles. The molecule has 9 heteroatoms. The minimum absolute atomic E-state index is 0.0825. The number of nitrogens with two attached hydrogens (primary N) is 1. The van der Waals surface area contributed by atoms with Crippen LogP contribution < -0.4 is 26.3 Å². The van der Waals surface area contributed by atoms with Crippen LogP contribution in [0.15, 0.2) is 17.1 Å². The molecule has 1 saturated heterocycles. The number of anilines is 1. The van der Waals surface area contributed by atoms with Crippen LogP contribution in [-0.2, 0) is 5.54 Å². The zero-order chi connectivity index (χ0) is 19.6. The summed E-state index contributed by atoms with van der Waals surface area (Å²) < 4.78 is 23.2. The summed E-state index contributed by atoms with van der Waals surface area (Å²) >= 11 is 0. The van der Waals surface area contributed by atoms with Gasteiger partial charge >= 0.3 is 0 Å². The zero-order valence-electron chi connectivity index (χ0n) is 15.6. The molecule has 3 heterocycles. The van der Waals surface area contributed by atoms with E-state index in [0.29, 0.717) is 36.6 Å². The molecule has 5 rings (SSSR count). The summed E-state index contributed by atoms with van der Waals surface area (Å²) in [7, 11) is 2.03. The Balaban J connectivity index is 1.79. The Bertz CT molecular complexity index is 1050. The lowest BCUT2D eigenvalue weighted by atomic mass is 10.0. The van der Waals surface area contributed by atoms with E-state index in [0.717, 1.165) is 25.9 Å². The van der Waals surface area contributed by atoms with E-state index in [9.17, 15) is 9.59 Å². The number of halogens is 1. The van der Waals surface area contributed by atoms with Crippen molar-refractivity contribution in [2.45, 2.75) is 18.4 Å². The van der Waals surface area contributed by atoms with Crippen molar-refractivity contribution in [1.29, 1.82) is 0 Å². The Kier molecular flexibility index (Phi) is 3.69. The van der Waals surface area contributed by atoms with Crippen LogP contribution in [0.25, 0.3) is 10.9 Å². The Morgan fingerprint density at radius 3 is 2.64 bits per heavy atom. The molecule has 148 valence electrons. The van der Waals surface area contributed by atoms with Crippen LogP contribution in [0.3, 0.4) is 0 Å². The molecule has 1 saturated carbocycles. The zero-order valence-corrected chi connectivity index (χ0v) is 15.6. The molecule has 0 unspecified atom stereocenters. The smallest absolute Gasteiger partial charge is 0.270 e. The molecule has 0 radical (unpaired) electrons. The number of carbonyl (C=O) groups excluding carboxylic acids is 1. The number of ether oxygens (including phenoxy) is 1. The second-order valence-corrected chi connectivity index (χ2v) is 7.95. The number of fused-ring (bicyclic) bond motifs is 1. The molecule has 1 spiro atoms. The fourth-order valence-corrected chi connectivity index (χ4v) is 4.30. The van der Waals surface area contributed by atoms with Crippen molar-refractivity contribution in [2.75, 3.05) is 44.7 Å². The van der Waals surface area contributed by atoms with Crippen LogP contribution in [0.4, 0.5) is 10.1 Å². The second kappa shape index (κ2) is 5.92. The Hall–Kier alpha value is -2.65. The number of piperazine rings is 1. The van der Waals surface area contributed by atoms with E-state index in [-0.39, 0.29) is 16.5 Å². The first kappa shape index (κ1) is 17.4. The highest BCUT2D eigenvalue weighted by Crippen LogP contribution is 2.52. The van der Waals surface area contributed by atoms with Gasteiger partial charge in [0.2, 0.25) is 5.43 Å². The van der Waals surface area contributed by atoms with Gasteiger partial charge in [-0.3, -0.25) is 15.0 Å². The summed E-state index contributed by atoms with van der Waals surface area (Å²) in [5.41, 5.74) is 2.08. The normalized spacial score (nSPS) is 20.3. The first-order chi connectivity index (χ1) is 13.4. The van der Waals surface area contributed by atoms with E-state index < -0.39 is 17.2 Å². The molecule has 3 aliphatic rings. The average Bonchev–Trinajstić information content (AvgIpc) is 3.47. The number of benzene rings is 1. The standard InChI is InChI=1S/C19H22FN5O3/c1-23-4-6-24(7-5-23)15-13(20)8-11-14-17(15)28-10-19(2-3-19)25(14)9-12(16(11)26)18(27)22-21/h8-9H,2-7,10,21H2,1H3,(H,22,27). The number of hydrogen-bond acceptors (Lipinski definition) is 6. The van der Waals surface area contributed by atoms with Crippen LogP contribution in [0.1, 0.15) is 23.2 Å². The molecule has 1 aliphatic carbocycles. The summed E-state index contributed by atoms with van der Waals surface area (Å²) in [6.45, 7) is 3.40. The molecule has 3 N–H and O–H groups in total.